The van der Waals surface area contributed by atoms with Crippen LogP contribution >= 0.6 is 0 Å². The van der Waals surface area contributed by atoms with Crippen LogP contribution in [0.3, 0.4) is 0 Å². The summed E-state index contributed by atoms with van der Waals surface area (Å²) in [6.07, 6.45) is 1.23. The van der Waals surface area contributed by atoms with Gasteiger partial charge in [0.25, 0.3) is 0 Å². The standard InChI is InChI=1S/C9H11N5O4/c10-6(15)8-12-11-7(18-8)5-2-1-4-3-13(5)9(16)14(4)17/h4-5,17H,1-3H2,(H2,10,15)/t4-,5+/m1/s1. The largest absolute Gasteiger partial charge is 0.415 e. The van der Waals surface area contributed by atoms with Crippen LogP contribution in [0.1, 0.15) is 35.5 Å². The normalized spacial score (nSPS) is 26.8. The molecule has 3 N–H and O–H groups in total. The first-order chi connectivity index (χ1) is 8.58. The van der Waals surface area contributed by atoms with E-state index in [0.717, 1.165) is 5.06 Å². The number of rotatable bonds is 2. The number of hydrogen-bond donors (Lipinski definition) is 2. The summed E-state index contributed by atoms with van der Waals surface area (Å²) in [5, 5.41) is 17.5. The lowest BCUT2D eigenvalue weighted by Gasteiger charge is -2.27. The van der Waals surface area contributed by atoms with E-state index in [1.807, 2.05) is 0 Å². The summed E-state index contributed by atoms with van der Waals surface area (Å²) >= 11 is 0. The van der Waals surface area contributed by atoms with Crippen molar-refractivity contribution in [2.45, 2.75) is 24.9 Å². The van der Waals surface area contributed by atoms with Crippen LogP contribution in [0, 0.1) is 0 Å². The molecular formula is C9H11N5O4. The third-order valence-electron chi connectivity index (χ3n) is 3.28. The average molecular weight is 253 g/mol. The second kappa shape index (κ2) is 3.67. The second-order valence-electron chi connectivity index (χ2n) is 4.34. The number of aromatic nitrogens is 2. The van der Waals surface area contributed by atoms with Crippen molar-refractivity contribution in [2.75, 3.05) is 6.54 Å². The van der Waals surface area contributed by atoms with Crippen LogP contribution in [0.25, 0.3) is 0 Å². The minimum absolute atomic E-state index is 0.172. The maximum Gasteiger partial charge on any atom is 0.344 e. The molecule has 2 bridgehead atoms. The van der Waals surface area contributed by atoms with Crippen LogP contribution in [-0.2, 0) is 0 Å². The van der Waals surface area contributed by atoms with Gasteiger partial charge in [-0.3, -0.25) is 10.0 Å². The van der Waals surface area contributed by atoms with Gasteiger partial charge >= 0.3 is 17.8 Å². The third-order valence-corrected chi connectivity index (χ3v) is 3.28. The zero-order chi connectivity index (χ0) is 12.9. The van der Waals surface area contributed by atoms with Crippen LogP contribution < -0.4 is 5.73 Å². The fourth-order valence-corrected chi connectivity index (χ4v) is 2.38. The Labute approximate surface area is 101 Å². The number of carbonyl (C=O) groups is 2. The van der Waals surface area contributed by atoms with Crippen molar-refractivity contribution in [1.29, 1.82) is 0 Å². The zero-order valence-corrected chi connectivity index (χ0v) is 9.31. The Morgan fingerprint density at radius 2 is 2.22 bits per heavy atom. The van der Waals surface area contributed by atoms with Gasteiger partial charge in [-0.1, -0.05) is 0 Å². The van der Waals surface area contributed by atoms with E-state index in [2.05, 4.69) is 10.2 Å². The molecule has 0 radical (unpaired) electrons. The van der Waals surface area contributed by atoms with E-state index in [9.17, 15) is 14.8 Å². The van der Waals surface area contributed by atoms with Crippen molar-refractivity contribution in [3.05, 3.63) is 11.8 Å². The Kier molecular flexibility index (Phi) is 2.23. The van der Waals surface area contributed by atoms with E-state index in [1.165, 1.54) is 4.90 Å². The lowest BCUT2D eigenvalue weighted by Crippen LogP contribution is -2.34. The number of fused-ring (bicyclic) bond motifs is 2. The lowest BCUT2D eigenvalue weighted by atomic mass is 10.0. The monoisotopic (exact) mass is 253 g/mol. The predicted octanol–water partition coefficient (Wildman–Crippen LogP) is -0.501. The Balaban J connectivity index is 1.88. The number of urea groups is 1. The van der Waals surface area contributed by atoms with E-state index < -0.39 is 18.0 Å². The summed E-state index contributed by atoms with van der Waals surface area (Å²) in [6, 6.07) is -1.08. The van der Waals surface area contributed by atoms with Gasteiger partial charge in [0.15, 0.2) is 0 Å². The van der Waals surface area contributed by atoms with Gasteiger partial charge in [0.2, 0.25) is 5.89 Å². The number of nitrogens with zero attached hydrogens (tertiary/aromatic N) is 4. The van der Waals surface area contributed by atoms with E-state index >= 15 is 0 Å². The average Bonchev–Trinajstić information content (AvgIpc) is 2.92. The van der Waals surface area contributed by atoms with Crippen molar-refractivity contribution in [3.8, 4) is 0 Å². The van der Waals surface area contributed by atoms with Gasteiger partial charge in [0, 0.05) is 6.54 Å². The molecule has 2 atom stereocenters. The van der Waals surface area contributed by atoms with Crippen molar-refractivity contribution in [2.24, 2.45) is 5.73 Å². The van der Waals surface area contributed by atoms with E-state index in [0.29, 0.717) is 19.4 Å². The lowest BCUT2D eigenvalue weighted by molar-refractivity contribution is -0.0584. The highest BCUT2D eigenvalue weighted by molar-refractivity contribution is 5.87. The quantitative estimate of drug-likeness (QED) is 0.684. The van der Waals surface area contributed by atoms with Crippen LogP contribution in [-0.4, -0.2) is 49.9 Å². The van der Waals surface area contributed by atoms with E-state index in [1.54, 1.807) is 0 Å². The number of amides is 3. The number of hydroxylamine groups is 2. The van der Waals surface area contributed by atoms with Gasteiger partial charge in [0.1, 0.15) is 6.04 Å². The molecule has 3 heterocycles. The molecule has 0 aromatic carbocycles. The number of piperidine rings is 1. The zero-order valence-electron chi connectivity index (χ0n) is 9.31. The summed E-state index contributed by atoms with van der Waals surface area (Å²) in [5.74, 6) is -0.913. The molecule has 18 heavy (non-hydrogen) atoms. The molecule has 96 valence electrons. The molecule has 1 aromatic rings. The van der Waals surface area contributed by atoms with Gasteiger partial charge in [0.05, 0.1) is 6.04 Å². The topological polar surface area (TPSA) is 126 Å². The Bertz CT molecular complexity index is 515. The summed E-state index contributed by atoms with van der Waals surface area (Å²) in [7, 11) is 0. The summed E-state index contributed by atoms with van der Waals surface area (Å²) in [4.78, 5) is 24.1. The van der Waals surface area contributed by atoms with Gasteiger partial charge in [-0.25, -0.2) is 9.86 Å². The van der Waals surface area contributed by atoms with E-state index in [-0.39, 0.29) is 17.8 Å². The smallest absolute Gasteiger partial charge is 0.344 e. The van der Waals surface area contributed by atoms with Crippen molar-refractivity contribution in [1.82, 2.24) is 20.2 Å². The number of hydrogen-bond acceptors (Lipinski definition) is 6. The van der Waals surface area contributed by atoms with Gasteiger partial charge in [-0.2, -0.15) is 0 Å². The molecule has 0 aliphatic carbocycles. The molecule has 2 fully saturated rings. The predicted molar refractivity (Wildman–Crippen MR) is 54.3 cm³/mol. The Morgan fingerprint density at radius 1 is 1.44 bits per heavy atom. The Hall–Kier alpha value is -2.16. The first kappa shape index (κ1) is 11.0. The molecule has 3 rings (SSSR count). The highest BCUT2D eigenvalue weighted by atomic mass is 16.5. The van der Waals surface area contributed by atoms with Gasteiger partial charge in [-0.05, 0) is 12.8 Å². The number of nitrogens with two attached hydrogens (primary N) is 1. The molecular weight excluding hydrogens is 242 g/mol. The molecule has 9 heteroatoms. The van der Waals surface area contributed by atoms with Crippen LogP contribution in [0.4, 0.5) is 4.79 Å². The molecule has 1 aromatic heterocycles. The van der Waals surface area contributed by atoms with Crippen LogP contribution in [0.15, 0.2) is 4.42 Å². The minimum Gasteiger partial charge on any atom is -0.415 e. The fraction of sp³-hybridized carbons (Fsp3) is 0.556. The highest BCUT2D eigenvalue weighted by Gasteiger charge is 2.46. The Morgan fingerprint density at radius 3 is 2.89 bits per heavy atom. The molecule has 0 unspecified atom stereocenters. The number of carbonyl (C=O) groups excluding carboxylic acids is 2. The van der Waals surface area contributed by atoms with E-state index in [4.69, 9.17) is 10.2 Å². The third kappa shape index (κ3) is 1.44. The molecule has 2 aliphatic heterocycles. The summed E-state index contributed by atoms with van der Waals surface area (Å²) in [5.41, 5.74) is 5.02. The SMILES string of the molecule is NC(=O)c1nnc([C@@H]2CC[C@@H]3CN2C(=O)N3O)o1. The molecule has 3 amide bonds. The molecule has 2 aliphatic rings. The maximum absolute atomic E-state index is 11.7. The van der Waals surface area contributed by atoms with Crippen molar-refractivity contribution in [3.63, 3.8) is 0 Å². The second-order valence-corrected chi connectivity index (χ2v) is 4.34. The minimum atomic E-state index is -0.807. The van der Waals surface area contributed by atoms with Crippen molar-refractivity contribution < 1.29 is 19.2 Å². The first-order valence-electron chi connectivity index (χ1n) is 5.50. The fourth-order valence-electron chi connectivity index (χ4n) is 2.38. The van der Waals surface area contributed by atoms with Crippen LogP contribution in [0.5, 0.6) is 0 Å². The highest BCUT2D eigenvalue weighted by Crippen LogP contribution is 2.36. The first-order valence-corrected chi connectivity index (χ1v) is 5.50. The maximum atomic E-state index is 11.7. The summed E-state index contributed by atoms with van der Waals surface area (Å²) in [6.45, 7) is 0.411. The molecule has 0 saturated carbocycles. The molecule has 0 spiro atoms. The van der Waals surface area contributed by atoms with Crippen molar-refractivity contribution >= 4 is 11.9 Å². The summed E-state index contributed by atoms with van der Waals surface area (Å²) < 4.78 is 5.13. The van der Waals surface area contributed by atoms with Gasteiger partial charge in [-0.15, -0.1) is 10.2 Å². The molecule has 2 saturated heterocycles. The van der Waals surface area contributed by atoms with Gasteiger partial charge < -0.3 is 15.1 Å². The van der Waals surface area contributed by atoms with Crippen LogP contribution in [0.2, 0.25) is 0 Å². The molecule has 9 nitrogen and oxygen atoms in total. The number of primary amides is 1.